The molecule has 8 heteroatoms. The first kappa shape index (κ1) is 20.2. The van der Waals surface area contributed by atoms with Crippen molar-refractivity contribution in [2.24, 2.45) is 17.3 Å². The van der Waals surface area contributed by atoms with Crippen LogP contribution in [0.15, 0.2) is 23.1 Å². The molecule has 1 aromatic carbocycles. The van der Waals surface area contributed by atoms with Crippen LogP contribution in [-0.2, 0) is 19.6 Å². The van der Waals surface area contributed by atoms with E-state index in [1.54, 1.807) is 20.8 Å². The first-order valence-corrected chi connectivity index (χ1v) is 9.76. The van der Waals surface area contributed by atoms with E-state index in [2.05, 4.69) is 0 Å². The van der Waals surface area contributed by atoms with E-state index in [-0.39, 0.29) is 30.1 Å². The number of sulfonamides is 1. The zero-order valence-corrected chi connectivity index (χ0v) is 15.9. The summed E-state index contributed by atoms with van der Waals surface area (Å²) in [6.45, 7) is 6.41. The number of benzene rings is 1. The normalized spacial score (nSPS) is 22.7. The van der Waals surface area contributed by atoms with Crippen molar-refractivity contribution in [1.29, 1.82) is 0 Å². The van der Waals surface area contributed by atoms with Crippen LogP contribution in [0.25, 0.3) is 0 Å². The molecular formula is C18H22FNO5S. The summed E-state index contributed by atoms with van der Waals surface area (Å²) in [6, 6.07) is 2.86. The molecule has 0 radical (unpaired) electrons. The molecule has 1 aliphatic rings. The van der Waals surface area contributed by atoms with E-state index >= 15 is 0 Å². The van der Waals surface area contributed by atoms with Gasteiger partial charge >= 0.3 is 0 Å². The van der Waals surface area contributed by atoms with Crippen molar-refractivity contribution in [2.45, 2.75) is 45.4 Å². The Balaban J connectivity index is 2.26. The monoisotopic (exact) mass is 383 g/mol. The maximum atomic E-state index is 13.9. The molecule has 1 amide bonds. The summed E-state index contributed by atoms with van der Waals surface area (Å²) in [7, 11) is -4.29. The Morgan fingerprint density at radius 2 is 1.88 bits per heavy atom. The van der Waals surface area contributed by atoms with Crippen LogP contribution in [0.2, 0.25) is 0 Å². The minimum absolute atomic E-state index is 0.0452. The van der Waals surface area contributed by atoms with Gasteiger partial charge in [-0.15, -0.1) is 0 Å². The largest absolute Gasteiger partial charge is 0.299 e. The van der Waals surface area contributed by atoms with Gasteiger partial charge in [0, 0.05) is 18.3 Å². The zero-order valence-electron chi connectivity index (χ0n) is 15.1. The van der Waals surface area contributed by atoms with Crippen LogP contribution >= 0.6 is 0 Å². The predicted octanol–water partition coefficient (Wildman–Crippen LogP) is 2.47. The molecule has 1 fully saturated rings. The maximum Gasteiger partial charge on any atom is 0.264 e. The van der Waals surface area contributed by atoms with Crippen molar-refractivity contribution >= 4 is 27.5 Å². The summed E-state index contributed by atoms with van der Waals surface area (Å²) >= 11 is 0. The van der Waals surface area contributed by atoms with Gasteiger partial charge in [-0.3, -0.25) is 14.4 Å². The van der Waals surface area contributed by atoms with Gasteiger partial charge in [0.05, 0.1) is 10.5 Å². The number of carbonyl (C=O) groups is 3. The van der Waals surface area contributed by atoms with Gasteiger partial charge in [-0.1, -0.05) is 20.8 Å². The molecule has 0 aliphatic heterocycles. The van der Waals surface area contributed by atoms with Crippen molar-refractivity contribution in [2.75, 3.05) is 0 Å². The van der Waals surface area contributed by atoms with E-state index in [1.165, 1.54) is 6.92 Å². The maximum absolute atomic E-state index is 13.9. The average molecular weight is 383 g/mol. The second kappa shape index (κ2) is 6.90. The number of Topliss-reactive ketones (excluding diaryl/α,β-unsaturated/α-hetero) is 2. The number of hydrogen-bond acceptors (Lipinski definition) is 5. The number of amides is 1. The van der Waals surface area contributed by atoms with Gasteiger partial charge in [0.1, 0.15) is 11.6 Å². The quantitative estimate of drug-likeness (QED) is 0.806. The molecule has 0 heterocycles. The minimum Gasteiger partial charge on any atom is -0.299 e. The zero-order chi connectivity index (χ0) is 19.9. The molecule has 1 aromatic rings. The smallest absolute Gasteiger partial charge is 0.264 e. The van der Waals surface area contributed by atoms with Crippen molar-refractivity contribution in [1.82, 2.24) is 4.72 Å². The summed E-state index contributed by atoms with van der Waals surface area (Å²) in [6.07, 6.45) is 0.472. The second-order valence-electron chi connectivity index (χ2n) is 7.27. The van der Waals surface area contributed by atoms with Gasteiger partial charge in [0.2, 0.25) is 5.91 Å². The molecule has 0 aromatic heterocycles. The summed E-state index contributed by atoms with van der Waals surface area (Å²) < 4.78 is 40.7. The highest BCUT2D eigenvalue weighted by Gasteiger charge is 2.46. The van der Waals surface area contributed by atoms with Crippen LogP contribution in [0.5, 0.6) is 0 Å². The van der Waals surface area contributed by atoms with E-state index in [0.29, 0.717) is 6.07 Å². The van der Waals surface area contributed by atoms with E-state index in [9.17, 15) is 27.2 Å². The number of carbonyl (C=O) groups excluding carboxylic acids is 3. The SMILES string of the molecule is CC(=O)c1ccc(S(=O)(=O)NC(=O)C2CCC(=O)C(C)C2(C)C)cc1F. The van der Waals surface area contributed by atoms with Crippen LogP contribution in [-0.4, -0.2) is 25.9 Å². The molecule has 26 heavy (non-hydrogen) atoms. The van der Waals surface area contributed by atoms with Crippen LogP contribution < -0.4 is 4.72 Å². The summed E-state index contributed by atoms with van der Waals surface area (Å²) in [5.74, 6) is -3.20. The third kappa shape index (κ3) is 3.70. The molecule has 1 aliphatic carbocycles. The van der Waals surface area contributed by atoms with Crippen molar-refractivity contribution in [3.8, 4) is 0 Å². The first-order chi connectivity index (χ1) is 11.9. The van der Waals surface area contributed by atoms with Crippen molar-refractivity contribution in [3.05, 3.63) is 29.6 Å². The third-order valence-electron chi connectivity index (χ3n) is 5.36. The van der Waals surface area contributed by atoms with Crippen LogP contribution in [0, 0.1) is 23.1 Å². The predicted molar refractivity (Wildman–Crippen MR) is 92.4 cm³/mol. The Hall–Kier alpha value is -2.09. The van der Waals surface area contributed by atoms with E-state index in [4.69, 9.17) is 0 Å². The summed E-state index contributed by atoms with van der Waals surface area (Å²) in [5.41, 5.74) is -0.922. The molecular weight excluding hydrogens is 361 g/mol. The minimum atomic E-state index is -4.29. The molecule has 1 saturated carbocycles. The molecule has 6 nitrogen and oxygen atoms in total. The van der Waals surface area contributed by atoms with Gasteiger partial charge < -0.3 is 0 Å². The Kier molecular flexibility index (Phi) is 5.37. The fourth-order valence-corrected chi connectivity index (χ4v) is 4.30. The topological polar surface area (TPSA) is 97.4 Å². The fraction of sp³-hybridized carbons (Fsp3) is 0.500. The number of halogens is 1. The van der Waals surface area contributed by atoms with E-state index in [0.717, 1.165) is 12.1 Å². The lowest BCUT2D eigenvalue weighted by atomic mass is 9.62. The molecule has 0 bridgehead atoms. The van der Waals surface area contributed by atoms with Gasteiger partial charge in [-0.2, -0.15) is 0 Å². The van der Waals surface area contributed by atoms with E-state index < -0.39 is 43.8 Å². The number of nitrogens with one attached hydrogen (secondary N) is 1. The van der Waals surface area contributed by atoms with Crippen molar-refractivity contribution in [3.63, 3.8) is 0 Å². The molecule has 0 spiro atoms. The van der Waals surface area contributed by atoms with Gasteiger partial charge in [-0.25, -0.2) is 17.5 Å². The first-order valence-electron chi connectivity index (χ1n) is 8.27. The lowest BCUT2D eigenvalue weighted by Crippen LogP contribution is -2.48. The summed E-state index contributed by atoms with van der Waals surface area (Å²) in [5, 5.41) is 0. The molecule has 0 saturated heterocycles. The Morgan fingerprint density at radius 3 is 2.42 bits per heavy atom. The Bertz CT molecular complexity index is 876. The highest BCUT2D eigenvalue weighted by molar-refractivity contribution is 7.90. The van der Waals surface area contributed by atoms with Crippen LogP contribution in [0.1, 0.15) is 50.9 Å². The number of hydrogen-bond donors (Lipinski definition) is 1. The van der Waals surface area contributed by atoms with E-state index in [1.807, 2.05) is 4.72 Å². The van der Waals surface area contributed by atoms with Crippen LogP contribution in [0.4, 0.5) is 4.39 Å². The van der Waals surface area contributed by atoms with Gasteiger partial charge in [0.15, 0.2) is 5.78 Å². The van der Waals surface area contributed by atoms with Gasteiger partial charge in [-0.05, 0) is 37.0 Å². The summed E-state index contributed by atoms with van der Waals surface area (Å²) in [4.78, 5) is 35.3. The van der Waals surface area contributed by atoms with Crippen molar-refractivity contribution < 1.29 is 27.2 Å². The highest BCUT2D eigenvalue weighted by atomic mass is 32.2. The standard InChI is InChI=1S/C18H22FNO5S/c1-10-16(22)8-7-14(18(10,3)4)17(23)20-26(24,25)12-5-6-13(11(2)21)15(19)9-12/h5-6,9-10,14H,7-8H2,1-4H3,(H,20,23). The second-order valence-corrected chi connectivity index (χ2v) is 8.95. The van der Waals surface area contributed by atoms with Gasteiger partial charge in [0.25, 0.3) is 10.0 Å². The molecule has 2 atom stereocenters. The highest BCUT2D eigenvalue weighted by Crippen LogP contribution is 2.43. The fourth-order valence-electron chi connectivity index (χ4n) is 3.27. The molecule has 2 unspecified atom stereocenters. The number of ketones is 2. The molecule has 1 N–H and O–H groups in total. The average Bonchev–Trinajstić information content (AvgIpc) is 2.51. The Labute approximate surface area is 152 Å². The lowest BCUT2D eigenvalue weighted by Gasteiger charge is -2.41. The lowest BCUT2D eigenvalue weighted by molar-refractivity contribution is -0.138. The van der Waals surface area contributed by atoms with Crippen LogP contribution in [0.3, 0.4) is 0 Å². The Morgan fingerprint density at radius 1 is 1.27 bits per heavy atom. The third-order valence-corrected chi connectivity index (χ3v) is 6.70. The molecule has 142 valence electrons. The number of rotatable bonds is 4. The molecule has 2 rings (SSSR count).